The molecular formula is C66H86N26O47P6. The second kappa shape index (κ2) is 41.3. The SMILES string of the molecule is NC1=NC2C(N=CN2[C@@H]2O[C@H](CO)[C@@H](OP(=O)(O)OC[C@H]3O[C@@H](n4ccc(=O)[nH]c4=O)[C@H](O)[C@@H]3OP(=O)(O)OC[C@H]3O[C@@H](n4cnc5c(=O)[nH]c(N)nc54)[C@H](O)[C@@H]3OP(=O)(O)OC[C@H]3O[C@@H](n4cnc5c(N)ncnc54)[C@H](O)[C@@H]3OP(=O)(O)OC[C@H]3O[C@@H](n4ccc(N)nc4=O)[C@H](O)[C@@H]3OP(=O)(O)OC[C@H]3O[C@@H](n4ccc(N)nc4=O)[C@H](O)[C@@H]3OP(=O)(O)OC[C@H]3O[C@@H](n4ccc(N)nc4=O)[C@H](O)[C@@H]3O)[C@H]2O)C(=O)N1. The molecule has 17 rings (SSSR count). The van der Waals surface area contributed by atoms with E-state index in [1.165, 1.54) is 0 Å². The van der Waals surface area contributed by atoms with Crippen molar-refractivity contribution in [1.29, 1.82) is 0 Å². The van der Waals surface area contributed by atoms with Gasteiger partial charge in [-0.15, -0.1) is 0 Å². The molecule has 9 aliphatic rings. The quantitative estimate of drug-likeness (QED) is 0.0160. The van der Waals surface area contributed by atoms with Gasteiger partial charge in [-0.25, -0.2) is 71.5 Å². The number of guanidine groups is 1. The molecule has 0 bridgehead atoms. The summed E-state index contributed by atoms with van der Waals surface area (Å²) in [6, 6.07) is 2.69. The summed E-state index contributed by atoms with van der Waals surface area (Å²) in [4.78, 5) is 203. The second-order valence-corrected chi connectivity index (χ2v) is 41.1. The smallest absolute Gasteiger partial charge is 0.394 e. The second-order valence-electron chi connectivity index (χ2n) is 32.6. The van der Waals surface area contributed by atoms with Crippen molar-refractivity contribution in [2.45, 2.75) is 184 Å². The van der Waals surface area contributed by atoms with Crippen LogP contribution in [0.25, 0.3) is 22.3 Å². The van der Waals surface area contributed by atoms with E-state index in [-0.39, 0.29) is 34.6 Å². The number of imidazole rings is 2. The number of carbonyl (C=O) groups excluding carboxylic acids is 1. The van der Waals surface area contributed by atoms with E-state index in [9.17, 15) is 136 Å². The van der Waals surface area contributed by atoms with Crippen LogP contribution >= 0.6 is 46.9 Å². The van der Waals surface area contributed by atoms with Crippen LogP contribution < -0.4 is 73.6 Å². The fourth-order valence-electron chi connectivity index (χ4n) is 16.6. The number of aromatic nitrogens is 16. The molecule has 145 heavy (non-hydrogen) atoms. The Morgan fingerprint density at radius 2 is 0.724 bits per heavy atom. The number of hydrogen-bond donors (Lipinski definition) is 24. The van der Waals surface area contributed by atoms with Crippen LogP contribution in [0.2, 0.25) is 0 Å². The molecule has 1 amide bonds. The van der Waals surface area contributed by atoms with Crippen molar-refractivity contribution in [2.75, 3.05) is 74.9 Å². The van der Waals surface area contributed by atoms with Crippen molar-refractivity contribution < 1.29 is 195 Å². The Morgan fingerprint density at radius 3 is 1.12 bits per heavy atom. The van der Waals surface area contributed by atoms with E-state index in [2.05, 4.69) is 60.2 Å². The first-order chi connectivity index (χ1) is 68.3. The number of ether oxygens (including phenoxy) is 7. The lowest BCUT2D eigenvalue weighted by Gasteiger charge is -2.32. The molecule has 0 aromatic carbocycles. The number of nitrogens with two attached hydrogens (primary N) is 6. The average molecular weight is 2180 g/mol. The molecule has 8 unspecified atom stereocenters. The summed E-state index contributed by atoms with van der Waals surface area (Å²) in [6.45, 7) is -9.48. The first-order valence-corrected chi connectivity index (χ1v) is 50.8. The van der Waals surface area contributed by atoms with Crippen molar-refractivity contribution in [2.24, 2.45) is 15.7 Å². The highest BCUT2D eigenvalue weighted by atomic mass is 31.2. The minimum absolute atomic E-state index is 0.167. The van der Waals surface area contributed by atoms with Gasteiger partial charge >= 0.3 is 69.7 Å². The Kier molecular flexibility index (Phi) is 30.2. The van der Waals surface area contributed by atoms with Gasteiger partial charge in [0.2, 0.25) is 5.95 Å². The summed E-state index contributed by atoms with van der Waals surface area (Å²) >= 11 is 0. The maximum atomic E-state index is 14.7. The van der Waals surface area contributed by atoms with Gasteiger partial charge in [0.1, 0.15) is 157 Å². The predicted molar refractivity (Wildman–Crippen MR) is 461 cm³/mol. The summed E-state index contributed by atoms with van der Waals surface area (Å²) in [5.74, 6) is -2.92. The van der Waals surface area contributed by atoms with Gasteiger partial charge in [0.25, 0.3) is 17.0 Å². The van der Waals surface area contributed by atoms with Crippen LogP contribution in [-0.4, -0.2) is 369 Å². The lowest BCUT2D eigenvalue weighted by Crippen LogP contribution is -2.57. The lowest BCUT2D eigenvalue weighted by atomic mass is 10.1. The molecule has 7 fully saturated rings. The van der Waals surface area contributed by atoms with Crippen molar-refractivity contribution in [3.63, 3.8) is 0 Å². The van der Waals surface area contributed by atoms with Gasteiger partial charge in [-0.3, -0.25) is 116 Å². The van der Waals surface area contributed by atoms with E-state index >= 15 is 0 Å². The number of nitrogen functional groups attached to an aromatic ring is 5. The maximum Gasteiger partial charge on any atom is 0.472 e. The highest BCUT2D eigenvalue weighted by molar-refractivity contribution is 7.48. The summed E-state index contributed by atoms with van der Waals surface area (Å²) in [6.07, 6.45) is -53.9. The number of H-pyrrole nitrogens is 2. The highest BCUT2D eigenvalue weighted by Gasteiger charge is 2.60. The fraction of sp³-hybridized carbons (Fsp3) is 0.561. The van der Waals surface area contributed by atoms with E-state index in [0.29, 0.717) is 18.3 Å². The van der Waals surface area contributed by atoms with E-state index in [1.807, 2.05) is 4.98 Å². The number of aliphatic hydroxyl groups excluding tert-OH is 9. The Morgan fingerprint density at radius 1 is 0.379 bits per heavy atom. The fourth-order valence-corrected chi connectivity index (χ4v) is 22.4. The van der Waals surface area contributed by atoms with Gasteiger partial charge in [0.15, 0.2) is 84.4 Å². The zero-order valence-corrected chi connectivity index (χ0v) is 78.1. The topological polar surface area (TPSA) is 1060 Å². The molecule has 79 heteroatoms. The molecule has 792 valence electrons. The third-order valence-corrected chi connectivity index (χ3v) is 29.1. The number of nitrogens with one attached hydrogen (secondary N) is 3. The largest absolute Gasteiger partial charge is 0.472 e. The van der Waals surface area contributed by atoms with Crippen molar-refractivity contribution in [3.05, 3.63) is 131 Å². The monoisotopic (exact) mass is 2180 g/mol. The first-order valence-electron chi connectivity index (χ1n) is 41.9. The molecule has 17 heterocycles. The number of phosphoric acid groups is 6. The van der Waals surface area contributed by atoms with Crippen molar-refractivity contribution in [3.8, 4) is 0 Å². The number of rotatable bonds is 38. The highest BCUT2D eigenvalue weighted by Crippen LogP contribution is 2.58. The van der Waals surface area contributed by atoms with Crippen LogP contribution in [-0.2, 0) is 120 Å². The number of carbonyl (C=O) groups is 1. The minimum Gasteiger partial charge on any atom is -0.394 e. The van der Waals surface area contributed by atoms with E-state index < -0.39 is 340 Å². The number of aliphatic hydroxyl groups is 9. The van der Waals surface area contributed by atoms with Gasteiger partial charge in [0.05, 0.1) is 65.2 Å². The molecule has 0 radical (unpaired) electrons. The average Bonchev–Trinajstić information content (AvgIpc) is 1.60. The van der Waals surface area contributed by atoms with Crippen LogP contribution in [0.3, 0.4) is 0 Å². The lowest BCUT2D eigenvalue weighted by molar-refractivity contribution is -0.124. The molecule has 30 N–H and O–H groups in total. The zero-order chi connectivity index (χ0) is 104. The van der Waals surface area contributed by atoms with Gasteiger partial charge in [-0.2, -0.15) is 19.9 Å². The van der Waals surface area contributed by atoms with E-state index in [1.54, 1.807) is 0 Å². The van der Waals surface area contributed by atoms with E-state index in [0.717, 1.165) is 88.4 Å². The van der Waals surface area contributed by atoms with Crippen LogP contribution in [0.15, 0.2) is 107 Å². The number of anilines is 5. The summed E-state index contributed by atoms with van der Waals surface area (Å²) in [5, 5.41) is 106. The zero-order valence-electron chi connectivity index (χ0n) is 72.7. The molecule has 9 aliphatic heterocycles. The summed E-state index contributed by atoms with van der Waals surface area (Å²) < 4.78 is 195. The van der Waals surface area contributed by atoms with Gasteiger partial charge in [-0.05, 0) is 18.2 Å². The van der Waals surface area contributed by atoms with Gasteiger partial charge in [0, 0.05) is 30.9 Å². The standard InChI is InChI=1S/C66H86N26O47P6/c67-27-1-5-86(63(105)78-27)54-35(96)34(95)21(128-54)10-121-140(109,110)135-43-22(129-55(37(43)98)87-6-2-28(68)79-64(87)106)12-123-142(113,114)136-44-23(130-56(38(44)99)88-7-3-29(69)80-65(88)107)13-124-144(117,118)138-46-25(132-58(40(46)101)90-17-75-31-48(70)73-16-74-49(31)90)14-125-145(119,120)139-47-26(133-60(41(47)102)92-19-77-33-51(92)83-62(72)85-53(33)104)15-126-143(115,116)137-45-24(131-57(39(45)100)89-8-4-30(94)81-66(89)108)11-122-141(111,112)134-42-20(9-93)127-59(36(42)97)91-18-76-32-50(91)82-61(71)84-52(32)103/h1-8,16-26,32,34-47,50,54-60,93,95-102H,9-15H2,(H,109,110)(H,111,112)(H,113,114)(H,115,116)(H,117,118)(H,119,120)(H2,67,78,105)(H2,68,79,106)(H2,69,80,107)(H2,70,73,74)(H,81,94,108)(H3,71,82,84,103)(H3,72,83,85,104)/t20-,21-,22-,23-,24-,25-,26-,32?,34-,35-,36-,37-,38-,39-,40-,41-,42-,43-,44-,45-,46-,47-,50?,54-,55-,56-,57-,58-,59-,60-/m1/s1. The van der Waals surface area contributed by atoms with Gasteiger partial charge in [-0.1, -0.05) is 0 Å². The van der Waals surface area contributed by atoms with E-state index in [4.69, 9.17) is 122 Å². The Labute approximate surface area is 801 Å². The first kappa shape index (κ1) is 106. The third-order valence-electron chi connectivity index (χ3n) is 23.2. The molecule has 0 saturated carbocycles. The van der Waals surface area contributed by atoms with Crippen LogP contribution in [0, 0.1) is 0 Å². The number of aliphatic imine (C=N–C) groups is 2. The Bertz CT molecular complexity index is 6980. The summed E-state index contributed by atoms with van der Waals surface area (Å²) in [5.41, 5.74) is 26.3. The number of phosphoric ester groups is 6. The molecule has 0 spiro atoms. The Balaban J connectivity index is 0.596. The Hall–Kier alpha value is -10.3. The minimum atomic E-state index is -6.11. The third kappa shape index (κ3) is 22.3. The van der Waals surface area contributed by atoms with Crippen molar-refractivity contribution >= 4 is 117 Å². The predicted octanol–water partition coefficient (Wildman–Crippen LogP) is -12.3. The molecule has 7 saturated heterocycles. The number of aromatic amines is 2. The normalized spacial score (nSPS) is 34.6. The van der Waals surface area contributed by atoms with Crippen LogP contribution in [0.1, 0.15) is 37.4 Å². The molecule has 0 aliphatic carbocycles. The molecular weight excluding hydrogens is 2090 g/mol. The molecule has 8 aromatic heterocycles. The van der Waals surface area contributed by atoms with Crippen LogP contribution in [0.5, 0.6) is 0 Å². The molecule has 73 nitrogen and oxygen atoms in total. The number of amides is 1. The number of nitrogens with zero attached hydrogens (tertiary/aromatic N) is 17. The van der Waals surface area contributed by atoms with Gasteiger partial charge < -0.3 is 148 Å². The molecule has 36 atom stereocenters. The van der Waals surface area contributed by atoms with Crippen LogP contribution in [0.4, 0.5) is 29.2 Å². The molecule has 8 aromatic rings. The number of hydrogen-bond acceptors (Lipinski definition) is 58. The number of fused-ring (bicyclic) bond motifs is 3. The summed E-state index contributed by atoms with van der Waals surface area (Å²) in [7, 11) is -35.7. The maximum absolute atomic E-state index is 14.7. The van der Waals surface area contributed by atoms with Crippen molar-refractivity contribution in [1.82, 2.24) is 87.5 Å².